The van der Waals surface area contributed by atoms with E-state index in [0.717, 1.165) is 46.4 Å². The van der Waals surface area contributed by atoms with Gasteiger partial charge in [-0.2, -0.15) is 0 Å². The molecule has 216 valence electrons. The topological polar surface area (TPSA) is 122 Å². The van der Waals surface area contributed by atoms with Gasteiger partial charge in [-0.25, -0.2) is 19.8 Å². The fourth-order valence-corrected chi connectivity index (χ4v) is 4.55. The smallest absolute Gasteiger partial charge is 0.243 e. The van der Waals surface area contributed by atoms with E-state index in [1.807, 2.05) is 36.4 Å². The highest BCUT2D eigenvalue weighted by Crippen LogP contribution is 2.32. The molecule has 0 saturated carbocycles. The van der Waals surface area contributed by atoms with E-state index in [-0.39, 0.29) is 24.8 Å². The van der Waals surface area contributed by atoms with E-state index in [0.29, 0.717) is 35.3 Å². The summed E-state index contributed by atoms with van der Waals surface area (Å²) in [6.45, 7) is 1.55. The maximum atomic E-state index is 13.1. The van der Waals surface area contributed by atoms with Gasteiger partial charge in [0.25, 0.3) is 0 Å². The number of carbonyl (C=O) groups excluding carboxylic acids is 1. The average molecular weight is 590 g/mol. The van der Waals surface area contributed by atoms with Gasteiger partial charge >= 0.3 is 0 Å². The van der Waals surface area contributed by atoms with Gasteiger partial charge in [0, 0.05) is 23.1 Å². The van der Waals surface area contributed by atoms with Crippen LogP contribution in [-0.2, 0) is 17.9 Å². The van der Waals surface area contributed by atoms with Crippen molar-refractivity contribution in [3.05, 3.63) is 101 Å². The third-order valence-electron chi connectivity index (χ3n) is 6.52. The summed E-state index contributed by atoms with van der Waals surface area (Å²) in [5.41, 5.74) is 4.84. The molecule has 0 unspecified atom stereocenters. The van der Waals surface area contributed by atoms with Crippen molar-refractivity contribution in [1.29, 1.82) is 0 Å². The Morgan fingerprint density at radius 3 is 2.67 bits per heavy atom. The number of nitrogens with one attached hydrogen (secondary N) is 3. The lowest BCUT2D eigenvalue weighted by Crippen LogP contribution is -2.19. The second-order valence-electron chi connectivity index (χ2n) is 9.57. The number of furan rings is 1. The quantitative estimate of drug-likeness (QED) is 0.0674. The van der Waals surface area contributed by atoms with Crippen LogP contribution < -0.4 is 20.9 Å². The van der Waals surface area contributed by atoms with Gasteiger partial charge in [-0.05, 0) is 85.6 Å². The van der Waals surface area contributed by atoms with Gasteiger partial charge in [-0.3, -0.25) is 10.0 Å². The Morgan fingerprint density at radius 1 is 1.00 bits per heavy atom. The molecule has 0 aliphatic heterocycles. The van der Waals surface area contributed by atoms with Crippen molar-refractivity contribution >= 4 is 39.9 Å². The van der Waals surface area contributed by atoms with Crippen LogP contribution in [0.25, 0.3) is 22.2 Å². The number of hydrogen-bond acceptors (Lipinski definition) is 8. The van der Waals surface area contributed by atoms with Crippen LogP contribution in [0.3, 0.4) is 0 Å². The first kappa shape index (κ1) is 29.0. The standard InChI is InChI=1S/C31H29ClFN5O4/c32-26-16-23(9-12-29(26)41-18-20-4-7-22(33)8-5-20)37-31-25-15-21(6-11-27(25)35-19-36-31)28-13-10-24(42-28)17-34-14-2-1-3-30(39)38-40/h4-13,15-16,19,34,40H,1-3,14,17-18H2,(H,38,39)(H,35,36,37). The zero-order valence-corrected chi connectivity index (χ0v) is 23.3. The van der Waals surface area contributed by atoms with E-state index in [9.17, 15) is 9.18 Å². The van der Waals surface area contributed by atoms with Gasteiger partial charge in [-0.15, -0.1) is 0 Å². The number of carbonyl (C=O) groups is 1. The molecule has 9 nitrogen and oxygen atoms in total. The lowest BCUT2D eigenvalue weighted by molar-refractivity contribution is -0.129. The number of anilines is 2. The molecule has 2 heterocycles. The molecule has 0 fully saturated rings. The van der Waals surface area contributed by atoms with Gasteiger partial charge in [0.2, 0.25) is 5.91 Å². The highest BCUT2D eigenvalue weighted by molar-refractivity contribution is 6.32. The molecule has 0 spiro atoms. The van der Waals surface area contributed by atoms with E-state index < -0.39 is 0 Å². The zero-order valence-electron chi connectivity index (χ0n) is 22.6. The number of benzene rings is 3. The van der Waals surface area contributed by atoms with Gasteiger partial charge in [-0.1, -0.05) is 23.7 Å². The van der Waals surface area contributed by atoms with Gasteiger partial charge < -0.3 is 19.8 Å². The number of amides is 1. The Bertz CT molecular complexity index is 1660. The molecule has 0 bridgehead atoms. The first-order chi connectivity index (χ1) is 20.5. The van der Waals surface area contributed by atoms with Crippen LogP contribution in [0.1, 0.15) is 30.6 Å². The van der Waals surface area contributed by atoms with Crippen LogP contribution in [-0.4, -0.2) is 27.6 Å². The van der Waals surface area contributed by atoms with Crippen LogP contribution in [0.2, 0.25) is 5.02 Å². The molecule has 0 radical (unpaired) electrons. The molecule has 1 amide bonds. The van der Waals surface area contributed by atoms with Gasteiger partial charge in [0.05, 0.1) is 17.1 Å². The minimum absolute atomic E-state index is 0.266. The first-order valence-electron chi connectivity index (χ1n) is 13.4. The summed E-state index contributed by atoms with van der Waals surface area (Å²) in [6, 6.07) is 21.2. The lowest BCUT2D eigenvalue weighted by Gasteiger charge is -2.12. The lowest BCUT2D eigenvalue weighted by atomic mass is 10.1. The number of aromatic nitrogens is 2. The maximum Gasteiger partial charge on any atom is 0.243 e. The molecule has 0 atom stereocenters. The van der Waals surface area contributed by atoms with Crippen LogP contribution in [0.4, 0.5) is 15.9 Å². The zero-order chi connectivity index (χ0) is 29.3. The number of hydrogen-bond donors (Lipinski definition) is 4. The van der Waals surface area contributed by atoms with Gasteiger partial charge in [0.15, 0.2) is 0 Å². The molecule has 0 aliphatic rings. The number of unbranched alkanes of at least 4 members (excludes halogenated alkanes) is 1. The first-order valence-corrected chi connectivity index (χ1v) is 13.8. The predicted octanol–water partition coefficient (Wildman–Crippen LogP) is 6.77. The molecule has 42 heavy (non-hydrogen) atoms. The molecular weight excluding hydrogens is 561 g/mol. The number of hydroxylamine groups is 1. The van der Waals surface area contributed by atoms with Crippen molar-refractivity contribution in [3.63, 3.8) is 0 Å². The molecule has 0 aliphatic carbocycles. The largest absolute Gasteiger partial charge is 0.487 e. The van der Waals surface area contributed by atoms with Crippen molar-refractivity contribution in [2.75, 3.05) is 11.9 Å². The minimum atomic E-state index is -0.379. The van der Waals surface area contributed by atoms with Crippen molar-refractivity contribution in [2.24, 2.45) is 0 Å². The predicted molar refractivity (Wildman–Crippen MR) is 158 cm³/mol. The molecule has 0 saturated heterocycles. The van der Waals surface area contributed by atoms with Crippen molar-refractivity contribution in [1.82, 2.24) is 20.8 Å². The summed E-state index contributed by atoms with van der Waals surface area (Å²) in [4.78, 5) is 19.9. The Morgan fingerprint density at radius 2 is 1.86 bits per heavy atom. The maximum absolute atomic E-state index is 13.1. The summed E-state index contributed by atoms with van der Waals surface area (Å²) in [6.07, 6.45) is 3.27. The number of ether oxygens (including phenoxy) is 1. The summed E-state index contributed by atoms with van der Waals surface area (Å²) in [5.74, 6) is 1.96. The second kappa shape index (κ2) is 13.9. The highest BCUT2D eigenvalue weighted by atomic mass is 35.5. The summed E-state index contributed by atoms with van der Waals surface area (Å²) < 4.78 is 25.0. The van der Waals surface area contributed by atoms with E-state index in [2.05, 4.69) is 20.6 Å². The molecule has 4 N–H and O–H groups in total. The Labute approximate surface area is 246 Å². The molecular formula is C31H29ClFN5O4. The molecule has 5 rings (SSSR count). The Balaban J connectivity index is 1.23. The van der Waals surface area contributed by atoms with E-state index in [1.165, 1.54) is 18.5 Å². The third kappa shape index (κ3) is 7.61. The van der Waals surface area contributed by atoms with Crippen LogP contribution >= 0.6 is 11.6 Å². The summed E-state index contributed by atoms with van der Waals surface area (Å²) >= 11 is 6.49. The van der Waals surface area contributed by atoms with E-state index in [4.69, 9.17) is 26.0 Å². The fraction of sp³-hybridized carbons (Fsp3) is 0.194. The van der Waals surface area contributed by atoms with Crippen LogP contribution in [0.15, 0.2) is 83.5 Å². The van der Waals surface area contributed by atoms with Crippen molar-refractivity contribution < 1.29 is 23.5 Å². The molecule has 11 heteroatoms. The fourth-order valence-electron chi connectivity index (χ4n) is 4.31. The van der Waals surface area contributed by atoms with Crippen LogP contribution in [0, 0.1) is 5.82 Å². The Kier molecular flexibility index (Phi) is 9.60. The Hall–Kier alpha value is -4.51. The number of halogens is 2. The number of fused-ring (bicyclic) bond motifs is 1. The van der Waals surface area contributed by atoms with Crippen LogP contribution in [0.5, 0.6) is 5.75 Å². The normalized spacial score (nSPS) is 11.0. The minimum Gasteiger partial charge on any atom is -0.487 e. The highest BCUT2D eigenvalue weighted by Gasteiger charge is 2.11. The average Bonchev–Trinajstić information content (AvgIpc) is 3.48. The van der Waals surface area contributed by atoms with E-state index >= 15 is 0 Å². The van der Waals surface area contributed by atoms with E-state index in [1.54, 1.807) is 29.7 Å². The number of nitrogens with zero attached hydrogens (tertiary/aromatic N) is 2. The molecule has 5 aromatic rings. The molecule has 3 aromatic carbocycles. The number of rotatable bonds is 13. The van der Waals surface area contributed by atoms with Crippen molar-refractivity contribution in [3.8, 4) is 17.1 Å². The summed E-state index contributed by atoms with van der Waals surface area (Å²) in [7, 11) is 0. The second-order valence-corrected chi connectivity index (χ2v) is 9.98. The molecule has 2 aromatic heterocycles. The van der Waals surface area contributed by atoms with Crippen molar-refractivity contribution in [2.45, 2.75) is 32.4 Å². The van der Waals surface area contributed by atoms with Gasteiger partial charge in [0.1, 0.15) is 41.8 Å². The third-order valence-corrected chi connectivity index (χ3v) is 6.81. The monoisotopic (exact) mass is 589 g/mol. The summed E-state index contributed by atoms with van der Waals surface area (Å²) in [5, 5.41) is 16.4. The SMILES string of the molecule is O=C(CCCCNCc1ccc(-c2ccc3ncnc(Nc4ccc(OCc5ccc(F)cc5)c(Cl)c4)c3c2)o1)NO.